The van der Waals surface area contributed by atoms with Crippen LogP contribution in [0.5, 0.6) is 11.5 Å². The van der Waals surface area contributed by atoms with Gasteiger partial charge in [0.15, 0.2) is 5.96 Å². The van der Waals surface area contributed by atoms with Crippen LogP contribution in [0.3, 0.4) is 0 Å². The number of benzene rings is 2. The molecule has 0 aliphatic rings. The zero-order valence-corrected chi connectivity index (χ0v) is 21.0. The van der Waals surface area contributed by atoms with Gasteiger partial charge in [0.2, 0.25) is 5.91 Å². The number of anilines is 1. The second-order valence-electron chi connectivity index (χ2n) is 6.81. The molecule has 0 unspecified atom stereocenters. The lowest BCUT2D eigenvalue weighted by Gasteiger charge is -2.13. The van der Waals surface area contributed by atoms with Crippen LogP contribution in [-0.2, 0) is 11.2 Å². The predicted molar refractivity (Wildman–Crippen MR) is 137 cm³/mol. The first-order valence-electron chi connectivity index (χ1n) is 10.2. The minimum atomic E-state index is -0.108. The van der Waals surface area contributed by atoms with Crippen molar-refractivity contribution in [2.24, 2.45) is 4.99 Å². The molecular formula is C23H33IN4O3. The van der Waals surface area contributed by atoms with Crippen molar-refractivity contribution in [1.82, 2.24) is 10.6 Å². The summed E-state index contributed by atoms with van der Waals surface area (Å²) in [4.78, 5) is 15.8. The third kappa shape index (κ3) is 9.91. The van der Waals surface area contributed by atoms with E-state index in [1.165, 1.54) is 12.5 Å². The van der Waals surface area contributed by atoms with Crippen molar-refractivity contribution >= 4 is 41.5 Å². The molecule has 0 aliphatic carbocycles. The van der Waals surface area contributed by atoms with Gasteiger partial charge in [0.05, 0.1) is 13.7 Å². The Morgan fingerprint density at radius 3 is 2.65 bits per heavy atom. The maximum Gasteiger partial charge on any atom is 0.221 e. The number of hydrogen-bond acceptors (Lipinski definition) is 4. The van der Waals surface area contributed by atoms with Crippen LogP contribution in [0.4, 0.5) is 5.69 Å². The highest BCUT2D eigenvalue weighted by Crippen LogP contribution is 2.20. The number of aliphatic imine (C=N–C) groups is 1. The average Bonchev–Trinajstić information content (AvgIpc) is 2.71. The van der Waals surface area contributed by atoms with Gasteiger partial charge in [-0.3, -0.25) is 9.79 Å². The van der Waals surface area contributed by atoms with Crippen molar-refractivity contribution in [2.75, 3.05) is 38.7 Å². The predicted octanol–water partition coefficient (Wildman–Crippen LogP) is 3.76. The smallest absolute Gasteiger partial charge is 0.221 e. The van der Waals surface area contributed by atoms with Crippen LogP contribution in [0.25, 0.3) is 0 Å². The lowest BCUT2D eigenvalue weighted by atomic mass is 10.1. The van der Waals surface area contributed by atoms with E-state index in [4.69, 9.17) is 9.47 Å². The second kappa shape index (κ2) is 14.5. The van der Waals surface area contributed by atoms with Crippen LogP contribution in [0, 0.1) is 6.92 Å². The Hall–Kier alpha value is -2.49. The fraction of sp³-hybridized carbons (Fsp3) is 0.391. The summed E-state index contributed by atoms with van der Waals surface area (Å²) in [5.41, 5.74) is 3.08. The number of halogens is 1. The lowest BCUT2D eigenvalue weighted by molar-refractivity contribution is -0.114. The van der Waals surface area contributed by atoms with E-state index in [2.05, 4.69) is 33.9 Å². The third-order valence-electron chi connectivity index (χ3n) is 4.25. The number of aryl methyl sites for hydroxylation is 1. The number of guanidine groups is 1. The number of carbonyl (C=O) groups is 1. The van der Waals surface area contributed by atoms with Crippen molar-refractivity contribution in [3.05, 3.63) is 53.6 Å². The fourth-order valence-electron chi connectivity index (χ4n) is 2.94. The molecule has 2 aromatic carbocycles. The highest BCUT2D eigenvalue weighted by Gasteiger charge is 2.04. The SMILES string of the molecule is CCNC(=NCCc1cc(C)ccc1OC)NCCOc1cccc(NC(C)=O)c1.I. The Balaban J connectivity index is 0.00000480. The van der Waals surface area contributed by atoms with Gasteiger partial charge in [-0.05, 0) is 44.0 Å². The van der Waals surface area contributed by atoms with Crippen molar-refractivity contribution in [3.8, 4) is 11.5 Å². The second-order valence-corrected chi connectivity index (χ2v) is 6.81. The molecule has 0 atom stereocenters. The van der Waals surface area contributed by atoms with E-state index in [9.17, 15) is 4.79 Å². The Morgan fingerprint density at radius 2 is 1.94 bits per heavy atom. The minimum absolute atomic E-state index is 0. The maximum absolute atomic E-state index is 11.2. The molecule has 0 bridgehead atoms. The Kier molecular flexibility index (Phi) is 12.4. The summed E-state index contributed by atoms with van der Waals surface area (Å²) >= 11 is 0. The average molecular weight is 540 g/mol. The van der Waals surface area contributed by atoms with Crippen molar-refractivity contribution in [2.45, 2.75) is 27.2 Å². The molecule has 1 amide bonds. The first-order valence-corrected chi connectivity index (χ1v) is 10.2. The highest BCUT2D eigenvalue weighted by molar-refractivity contribution is 14.0. The van der Waals surface area contributed by atoms with E-state index in [0.717, 1.165) is 35.9 Å². The molecule has 0 fully saturated rings. The minimum Gasteiger partial charge on any atom is -0.496 e. The normalized spacial score (nSPS) is 10.6. The van der Waals surface area contributed by atoms with Gasteiger partial charge in [-0.25, -0.2) is 0 Å². The molecule has 0 saturated carbocycles. The van der Waals surface area contributed by atoms with E-state index in [-0.39, 0.29) is 29.9 Å². The van der Waals surface area contributed by atoms with Gasteiger partial charge in [-0.1, -0.05) is 23.8 Å². The molecule has 170 valence electrons. The standard InChI is InChI=1S/C23H32N4O3.HI/c1-5-24-23(25-12-11-19-15-17(2)9-10-22(19)29-4)26-13-14-30-21-8-6-7-20(16-21)27-18(3)28;/h6-10,15-16H,5,11-14H2,1-4H3,(H,27,28)(H2,24,25,26);1H. The molecule has 7 nitrogen and oxygen atoms in total. The molecule has 0 radical (unpaired) electrons. The lowest BCUT2D eigenvalue weighted by Crippen LogP contribution is -2.39. The summed E-state index contributed by atoms with van der Waals surface area (Å²) in [6.07, 6.45) is 0.799. The molecule has 0 saturated heterocycles. The van der Waals surface area contributed by atoms with Crippen molar-refractivity contribution in [1.29, 1.82) is 0 Å². The quantitative estimate of drug-likeness (QED) is 0.185. The van der Waals surface area contributed by atoms with E-state index in [1.807, 2.05) is 37.3 Å². The zero-order chi connectivity index (χ0) is 21.8. The van der Waals surface area contributed by atoms with Crippen LogP contribution < -0.4 is 25.4 Å². The maximum atomic E-state index is 11.2. The van der Waals surface area contributed by atoms with Gasteiger partial charge in [-0.2, -0.15) is 0 Å². The fourth-order valence-corrected chi connectivity index (χ4v) is 2.94. The molecule has 3 N–H and O–H groups in total. The summed E-state index contributed by atoms with van der Waals surface area (Å²) in [6.45, 7) is 8.08. The Bertz CT molecular complexity index is 858. The number of carbonyl (C=O) groups excluding carboxylic acids is 1. The molecular weight excluding hydrogens is 507 g/mol. The van der Waals surface area contributed by atoms with Gasteiger partial charge in [0.25, 0.3) is 0 Å². The number of nitrogens with one attached hydrogen (secondary N) is 3. The zero-order valence-electron chi connectivity index (χ0n) is 18.7. The summed E-state index contributed by atoms with van der Waals surface area (Å²) in [7, 11) is 1.69. The molecule has 2 aromatic rings. The monoisotopic (exact) mass is 540 g/mol. The molecule has 0 spiro atoms. The van der Waals surface area contributed by atoms with Gasteiger partial charge < -0.3 is 25.4 Å². The third-order valence-corrected chi connectivity index (χ3v) is 4.25. The molecule has 31 heavy (non-hydrogen) atoms. The Morgan fingerprint density at radius 1 is 1.13 bits per heavy atom. The van der Waals surface area contributed by atoms with Crippen LogP contribution >= 0.6 is 24.0 Å². The van der Waals surface area contributed by atoms with Gasteiger partial charge in [0, 0.05) is 31.8 Å². The van der Waals surface area contributed by atoms with Gasteiger partial charge in [0.1, 0.15) is 18.1 Å². The molecule has 0 aliphatic heterocycles. The first kappa shape index (κ1) is 26.5. The number of nitrogens with zero attached hydrogens (tertiary/aromatic N) is 1. The van der Waals surface area contributed by atoms with Crippen LogP contribution in [0.1, 0.15) is 25.0 Å². The van der Waals surface area contributed by atoms with E-state index in [1.54, 1.807) is 13.2 Å². The van der Waals surface area contributed by atoms with Crippen LogP contribution in [0.2, 0.25) is 0 Å². The number of amides is 1. The molecule has 0 aromatic heterocycles. The first-order chi connectivity index (χ1) is 14.5. The number of rotatable bonds is 10. The summed E-state index contributed by atoms with van der Waals surface area (Å²) in [6, 6.07) is 13.5. The topological polar surface area (TPSA) is 84.0 Å². The Labute approximate surface area is 202 Å². The summed E-state index contributed by atoms with van der Waals surface area (Å²) < 4.78 is 11.2. The molecule has 8 heteroatoms. The van der Waals surface area contributed by atoms with E-state index < -0.39 is 0 Å². The largest absolute Gasteiger partial charge is 0.496 e. The van der Waals surface area contributed by atoms with Crippen molar-refractivity contribution < 1.29 is 14.3 Å². The van der Waals surface area contributed by atoms with Gasteiger partial charge >= 0.3 is 0 Å². The summed E-state index contributed by atoms with van der Waals surface area (Å²) in [5, 5.41) is 9.27. The number of methoxy groups -OCH3 is 1. The van der Waals surface area contributed by atoms with Gasteiger partial charge in [-0.15, -0.1) is 24.0 Å². The molecule has 2 rings (SSSR count). The van der Waals surface area contributed by atoms with E-state index in [0.29, 0.717) is 25.4 Å². The highest BCUT2D eigenvalue weighted by atomic mass is 127. The summed E-state index contributed by atoms with van der Waals surface area (Å²) in [5.74, 6) is 2.24. The molecule has 0 heterocycles. The number of ether oxygens (including phenoxy) is 2. The van der Waals surface area contributed by atoms with Crippen LogP contribution in [-0.4, -0.2) is 45.2 Å². The van der Waals surface area contributed by atoms with Crippen molar-refractivity contribution in [3.63, 3.8) is 0 Å². The van der Waals surface area contributed by atoms with Crippen LogP contribution in [0.15, 0.2) is 47.5 Å². The van der Waals surface area contributed by atoms with E-state index >= 15 is 0 Å². The number of hydrogen-bond donors (Lipinski definition) is 3.